The zero-order valence-electron chi connectivity index (χ0n) is 11.0. The molecule has 0 saturated carbocycles. The fraction of sp³-hybridized carbons (Fsp3) is 0.462. The molecule has 1 amide bonds. The average Bonchev–Trinajstić information content (AvgIpc) is 2.41. The summed E-state index contributed by atoms with van der Waals surface area (Å²) in [5.41, 5.74) is -0.0419. The molecule has 0 aromatic heterocycles. The van der Waals surface area contributed by atoms with Gasteiger partial charge in [0.1, 0.15) is 5.82 Å². The zero-order valence-corrected chi connectivity index (χ0v) is 11.7. The predicted molar refractivity (Wildman–Crippen MR) is 71.1 cm³/mol. The Morgan fingerprint density at radius 3 is 2.37 bits per heavy atom. The van der Waals surface area contributed by atoms with Gasteiger partial charge in [0.05, 0.1) is 18.8 Å². The van der Waals surface area contributed by atoms with E-state index in [4.69, 9.17) is 21.1 Å². The van der Waals surface area contributed by atoms with Gasteiger partial charge in [-0.3, -0.25) is 4.79 Å². The summed E-state index contributed by atoms with van der Waals surface area (Å²) in [7, 11) is 3.08. The lowest BCUT2D eigenvalue weighted by atomic mass is 10.2. The van der Waals surface area contributed by atoms with E-state index in [9.17, 15) is 9.18 Å². The molecule has 19 heavy (non-hydrogen) atoms. The number of carbonyl (C=O) groups is 1. The molecular weight excluding hydrogens is 273 g/mol. The topological polar surface area (TPSA) is 38.8 Å². The van der Waals surface area contributed by atoms with Crippen molar-refractivity contribution in [3.8, 4) is 0 Å². The molecule has 0 heterocycles. The second-order valence-electron chi connectivity index (χ2n) is 3.90. The summed E-state index contributed by atoms with van der Waals surface area (Å²) in [5, 5.41) is 0.322. The molecular formula is C13H17ClFNO3. The maximum absolute atomic E-state index is 13.7. The third kappa shape index (κ3) is 4.78. The second kappa shape index (κ2) is 8.09. The van der Waals surface area contributed by atoms with Crippen LogP contribution in [0, 0.1) is 5.82 Å². The number of halogens is 2. The van der Waals surface area contributed by atoms with Crippen LogP contribution < -0.4 is 0 Å². The molecule has 0 aliphatic heterocycles. The van der Waals surface area contributed by atoms with E-state index in [0.717, 1.165) is 0 Å². The normalized spacial score (nSPS) is 10.5. The first-order chi connectivity index (χ1) is 9.10. The number of carbonyl (C=O) groups excluding carboxylic acids is 1. The highest BCUT2D eigenvalue weighted by atomic mass is 35.5. The number of ether oxygens (including phenoxy) is 2. The molecule has 0 fully saturated rings. The van der Waals surface area contributed by atoms with Crippen molar-refractivity contribution in [3.63, 3.8) is 0 Å². The molecule has 0 atom stereocenters. The molecule has 0 N–H and O–H groups in total. The molecule has 6 heteroatoms. The number of hydrogen-bond donors (Lipinski definition) is 0. The fourth-order valence-electron chi connectivity index (χ4n) is 1.55. The molecule has 0 radical (unpaired) electrons. The van der Waals surface area contributed by atoms with Crippen LogP contribution in [-0.4, -0.2) is 51.3 Å². The molecule has 0 aliphatic rings. The quantitative estimate of drug-likeness (QED) is 0.772. The van der Waals surface area contributed by atoms with Crippen molar-refractivity contribution in [1.29, 1.82) is 0 Å². The minimum absolute atomic E-state index is 0.0419. The Kier molecular flexibility index (Phi) is 6.77. The summed E-state index contributed by atoms with van der Waals surface area (Å²) in [4.78, 5) is 13.7. The third-order valence-electron chi connectivity index (χ3n) is 2.58. The molecule has 1 aromatic rings. The van der Waals surface area contributed by atoms with Crippen molar-refractivity contribution in [1.82, 2.24) is 4.90 Å². The Hall–Kier alpha value is -1.17. The largest absolute Gasteiger partial charge is 0.383 e. The summed E-state index contributed by atoms with van der Waals surface area (Å²) in [6.45, 7) is 1.48. The Labute approximate surface area is 117 Å². The number of nitrogens with zero attached hydrogens (tertiary/aromatic N) is 1. The van der Waals surface area contributed by atoms with Crippen molar-refractivity contribution in [2.75, 3.05) is 40.5 Å². The highest BCUT2D eigenvalue weighted by Crippen LogP contribution is 2.16. The highest BCUT2D eigenvalue weighted by molar-refractivity contribution is 6.30. The molecule has 0 unspecified atom stereocenters. The first kappa shape index (κ1) is 15.9. The van der Waals surface area contributed by atoms with Gasteiger partial charge in [0.25, 0.3) is 5.91 Å². The number of methoxy groups -OCH3 is 2. The van der Waals surface area contributed by atoms with Gasteiger partial charge in [0.15, 0.2) is 0 Å². The summed E-state index contributed by atoms with van der Waals surface area (Å²) >= 11 is 5.79. The van der Waals surface area contributed by atoms with E-state index in [1.165, 1.54) is 23.1 Å². The van der Waals surface area contributed by atoms with Gasteiger partial charge in [-0.2, -0.15) is 0 Å². The first-order valence-corrected chi connectivity index (χ1v) is 6.20. The van der Waals surface area contributed by atoms with Crippen LogP contribution in [0.15, 0.2) is 18.2 Å². The van der Waals surface area contributed by atoms with E-state index in [1.54, 1.807) is 14.2 Å². The fourth-order valence-corrected chi connectivity index (χ4v) is 1.72. The maximum atomic E-state index is 13.7. The standard InChI is InChI=1S/C13H17ClFNO3/c1-18-7-5-16(6-8-19-2)13(17)11-9-10(14)3-4-12(11)15/h3-4,9H,5-8H2,1-2H3. The van der Waals surface area contributed by atoms with Crippen LogP contribution in [0.1, 0.15) is 10.4 Å². The van der Waals surface area contributed by atoms with Gasteiger partial charge in [-0.15, -0.1) is 0 Å². The average molecular weight is 290 g/mol. The van der Waals surface area contributed by atoms with Crippen LogP contribution >= 0.6 is 11.6 Å². The first-order valence-electron chi connectivity index (χ1n) is 5.82. The summed E-state index contributed by atoms with van der Waals surface area (Å²) < 4.78 is 23.5. The monoisotopic (exact) mass is 289 g/mol. The van der Waals surface area contributed by atoms with E-state index >= 15 is 0 Å². The SMILES string of the molecule is COCCN(CCOC)C(=O)c1cc(Cl)ccc1F. The number of benzene rings is 1. The lowest BCUT2D eigenvalue weighted by molar-refractivity contribution is 0.0623. The highest BCUT2D eigenvalue weighted by Gasteiger charge is 2.19. The van der Waals surface area contributed by atoms with Gasteiger partial charge < -0.3 is 14.4 Å². The number of rotatable bonds is 7. The van der Waals surface area contributed by atoms with Crippen LogP contribution in [0.3, 0.4) is 0 Å². The van der Waals surface area contributed by atoms with Crippen molar-refractivity contribution in [2.24, 2.45) is 0 Å². The van der Waals surface area contributed by atoms with Gasteiger partial charge in [-0.25, -0.2) is 4.39 Å². The number of amides is 1. The van der Waals surface area contributed by atoms with E-state index in [-0.39, 0.29) is 5.56 Å². The van der Waals surface area contributed by atoms with Crippen LogP contribution in [0.5, 0.6) is 0 Å². The second-order valence-corrected chi connectivity index (χ2v) is 4.34. The van der Waals surface area contributed by atoms with E-state index in [0.29, 0.717) is 31.3 Å². The third-order valence-corrected chi connectivity index (χ3v) is 2.81. The van der Waals surface area contributed by atoms with Gasteiger partial charge in [0.2, 0.25) is 0 Å². The van der Waals surface area contributed by atoms with Gasteiger partial charge in [-0.05, 0) is 18.2 Å². The van der Waals surface area contributed by atoms with Crippen molar-refractivity contribution in [3.05, 3.63) is 34.6 Å². The Bertz CT molecular complexity index is 420. The smallest absolute Gasteiger partial charge is 0.257 e. The van der Waals surface area contributed by atoms with Crippen molar-refractivity contribution >= 4 is 17.5 Å². The predicted octanol–water partition coefficient (Wildman–Crippen LogP) is 2.21. The minimum Gasteiger partial charge on any atom is -0.383 e. The Morgan fingerprint density at radius 1 is 1.26 bits per heavy atom. The van der Waals surface area contributed by atoms with Gasteiger partial charge >= 0.3 is 0 Å². The van der Waals surface area contributed by atoms with E-state index in [1.807, 2.05) is 0 Å². The minimum atomic E-state index is -0.589. The molecule has 0 aliphatic carbocycles. The Morgan fingerprint density at radius 2 is 1.84 bits per heavy atom. The Balaban J connectivity index is 2.87. The van der Waals surface area contributed by atoms with Crippen LogP contribution in [0.25, 0.3) is 0 Å². The lowest BCUT2D eigenvalue weighted by Gasteiger charge is -2.22. The zero-order chi connectivity index (χ0) is 14.3. The van der Waals surface area contributed by atoms with Crippen molar-refractivity contribution in [2.45, 2.75) is 0 Å². The van der Waals surface area contributed by atoms with Crippen LogP contribution in [-0.2, 0) is 9.47 Å². The summed E-state index contributed by atoms with van der Waals surface area (Å²) in [6.07, 6.45) is 0. The maximum Gasteiger partial charge on any atom is 0.257 e. The lowest BCUT2D eigenvalue weighted by Crippen LogP contribution is -2.37. The van der Waals surface area contributed by atoms with Crippen LogP contribution in [0.4, 0.5) is 4.39 Å². The molecule has 0 saturated heterocycles. The van der Waals surface area contributed by atoms with Crippen molar-refractivity contribution < 1.29 is 18.7 Å². The molecule has 1 aromatic carbocycles. The molecule has 106 valence electrons. The molecule has 0 spiro atoms. The van der Waals surface area contributed by atoms with Gasteiger partial charge in [-0.1, -0.05) is 11.6 Å². The molecule has 0 bridgehead atoms. The van der Waals surface area contributed by atoms with Gasteiger partial charge in [0, 0.05) is 32.3 Å². The van der Waals surface area contributed by atoms with E-state index < -0.39 is 11.7 Å². The summed E-state index contributed by atoms with van der Waals surface area (Å²) in [6, 6.07) is 3.91. The summed E-state index contributed by atoms with van der Waals surface area (Å²) in [5.74, 6) is -1.01. The van der Waals surface area contributed by atoms with E-state index in [2.05, 4.69) is 0 Å². The molecule has 1 rings (SSSR count). The molecule has 4 nitrogen and oxygen atoms in total. The number of hydrogen-bond acceptors (Lipinski definition) is 3. The van der Waals surface area contributed by atoms with Crippen LogP contribution in [0.2, 0.25) is 5.02 Å².